The SMILES string of the molecule is CCC(CCC(C)P(=O)(O)O)N1CCCCCC1=O.CCC(CCC(C)P(=O)([O-])[O-])N1CCCCCC1=O.O=S(=O)(O)O.[Na+].[Na+]. The van der Waals surface area contributed by atoms with Crippen LogP contribution in [0.5, 0.6) is 0 Å². The molecule has 0 saturated carbocycles. The molecule has 2 rings (SSSR count). The van der Waals surface area contributed by atoms with E-state index in [1.54, 1.807) is 6.92 Å². The number of carbonyl (C=O) groups excluding carboxylic acids is 2. The van der Waals surface area contributed by atoms with Crippen LogP contribution in [0.2, 0.25) is 0 Å². The Bertz CT molecular complexity index is 971. The van der Waals surface area contributed by atoms with E-state index in [9.17, 15) is 28.5 Å². The Labute approximate surface area is 313 Å². The van der Waals surface area contributed by atoms with Gasteiger partial charge in [0.25, 0.3) is 0 Å². The summed E-state index contributed by atoms with van der Waals surface area (Å²) in [5.41, 5.74) is -1.47. The van der Waals surface area contributed by atoms with Crippen molar-refractivity contribution in [3.05, 3.63) is 0 Å². The third-order valence-corrected chi connectivity index (χ3v) is 10.7. The van der Waals surface area contributed by atoms with E-state index >= 15 is 0 Å². The van der Waals surface area contributed by atoms with Gasteiger partial charge in [-0.1, -0.05) is 48.1 Å². The van der Waals surface area contributed by atoms with Crippen LogP contribution in [-0.4, -0.2) is 85.4 Å². The Balaban J connectivity index is -0.000000656. The van der Waals surface area contributed by atoms with E-state index in [0.717, 1.165) is 64.5 Å². The van der Waals surface area contributed by atoms with Gasteiger partial charge in [-0.25, -0.2) is 0 Å². The number of amides is 2. The van der Waals surface area contributed by atoms with E-state index in [1.165, 1.54) is 6.92 Å². The van der Waals surface area contributed by atoms with Crippen molar-refractivity contribution in [3.63, 3.8) is 0 Å². The van der Waals surface area contributed by atoms with Crippen LogP contribution in [-0.2, 0) is 29.1 Å². The monoisotopic (exact) mass is 724 g/mol. The van der Waals surface area contributed by atoms with Gasteiger partial charge < -0.3 is 33.9 Å². The summed E-state index contributed by atoms with van der Waals surface area (Å²) in [5, 5.41) is 0. The average Bonchev–Trinajstić information content (AvgIpc) is 3.23. The number of rotatable bonds is 12. The van der Waals surface area contributed by atoms with Gasteiger partial charge in [-0.3, -0.25) is 23.3 Å². The van der Waals surface area contributed by atoms with Crippen LogP contribution in [0.4, 0.5) is 0 Å². The predicted molar refractivity (Wildman–Crippen MR) is 160 cm³/mol. The maximum Gasteiger partial charge on any atom is 1.00 e. The van der Waals surface area contributed by atoms with Crippen LogP contribution in [0.25, 0.3) is 0 Å². The Morgan fingerprint density at radius 1 is 0.711 bits per heavy atom. The molecule has 14 nitrogen and oxygen atoms in total. The molecule has 0 radical (unpaired) electrons. The molecule has 19 heteroatoms. The van der Waals surface area contributed by atoms with Gasteiger partial charge in [0.1, 0.15) is 0 Å². The van der Waals surface area contributed by atoms with Crippen LogP contribution in [0.3, 0.4) is 0 Å². The molecule has 2 saturated heterocycles. The molecular formula is C26H52N2Na2O12P2S. The van der Waals surface area contributed by atoms with E-state index in [0.29, 0.717) is 38.5 Å². The zero-order valence-electron chi connectivity index (χ0n) is 27.9. The summed E-state index contributed by atoms with van der Waals surface area (Å²) in [6, 6.07) is 0.194. The fourth-order valence-electron chi connectivity index (χ4n) is 5.13. The number of hydrogen-bond donors (Lipinski definition) is 4. The molecule has 2 amide bonds. The van der Waals surface area contributed by atoms with E-state index in [2.05, 4.69) is 0 Å². The molecule has 2 heterocycles. The summed E-state index contributed by atoms with van der Waals surface area (Å²) >= 11 is 0. The number of likely N-dealkylation sites (tertiary alicyclic amines) is 2. The molecule has 2 fully saturated rings. The first-order chi connectivity index (χ1) is 19.7. The second kappa shape index (κ2) is 25.1. The number of nitrogens with zero attached hydrogens (tertiary/aromatic N) is 2. The molecule has 0 spiro atoms. The minimum atomic E-state index is -4.67. The van der Waals surface area contributed by atoms with Gasteiger partial charge >= 0.3 is 77.1 Å². The van der Waals surface area contributed by atoms with Crippen molar-refractivity contribution < 1.29 is 115 Å². The van der Waals surface area contributed by atoms with Crippen molar-refractivity contribution in [1.82, 2.24) is 9.80 Å². The molecule has 4 N–H and O–H groups in total. The van der Waals surface area contributed by atoms with E-state index in [-0.39, 0.29) is 83.0 Å². The molecule has 256 valence electrons. The Morgan fingerprint density at radius 2 is 1.04 bits per heavy atom. The zero-order chi connectivity index (χ0) is 33.4. The third kappa shape index (κ3) is 24.0. The Morgan fingerprint density at radius 3 is 1.33 bits per heavy atom. The first-order valence-electron chi connectivity index (χ1n) is 15.1. The van der Waals surface area contributed by atoms with Crippen molar-refractivity contribution in [2.24, 2.45) is 0 Å². The Hall–Kier alpha value is 1.11. The van der Waals surface area contributed by atoms with E-state index in [4.69, 9.17) is 27.3 Å². The smallest absolute Gasteiger partial charge is 0.811 e. The van der Waals surface area contributed by atoms with Gasteiger partial charge in [-0.15, -0.1) is 0 Å². The summed E-state index contributed by atoms with van der Waals surface area (Å²) in [4.78, 5) is 67.9. The molecule has 0 bridgehead atoms. The predicted octanol–water partition coefficient (Wildman–Crippen LogP) is -2.88. The second-order valence-corrected chi connectivity index (χ2v) is 16.3. The summed E-state index contributed by atoms with van der Waals surface area (Å²) in [6.07, 6.45) is 11.1. The van der Waals surface area contributed by atoms with E-state index < -0.39 is 36.9 Å². The normalized spacial score (nSPS) is 19.1. The fraction of sp³-hybridized carbons (Fsp3) is 0.923. The largest absolute Gasteiger partial charge is 1.00 e. The van der Waals surface area contributed by atoms with Gasteiger partial charge in [-0.05, 0) is 69.9 Å². The van der Waals surface area contributed by atoms with Gasteiger partial charge in [0.05, 0.1) is 5.66 Å². The first-order valence-corrected chi connectivity index (χ1v) is 19.8. The minimum Gasteiger partial charge on any atom is -0.811 e. The van der Waals surface area contributed by atoms with Gasteiger partial charge in [-0.2, -0.15) is 8.42 Å². The van der Waals surface area contributed by atoms with Crippen molar-refractivity contribution in [2.75, 3.05) is 13.1 Å². The van der Waals surface area contributed by atoms with E-state index in [1.807, 2.05) is 23.6 Å². The third-order valence-electron chi connectivity index (χ3n) is 7.99. The Kier molecular flexibility index (Phi) is 28.2. The standard InChI is InChI=1S/2C13H26NO4P.2Na.H2O4S/c2*1-3-12(9-8-11(2)19(16,17)18)14-10-6-4-5-7-13(14)15;;;1-5(2,3)4/h2*11-12H,3-10H2,1-2H3,(H2,16,17,18);;;(H2,1,2,3,4)/q;;2*+1;/p-2. The summed E-state index contributed by atoms with van der Waals surface area (Å²) < 4.78 is 53.6. The molecule has 0 aliphatic carbocycles. The average molecular weight is 725 g/mol. The quantitative estimate of drug-likeness (QED) is 0.0903. The molecule has 2 aliphatic rings. The second-order valence-electron chi connectivity index (χ2n) is 11.3. The van der Waals surface area contributed by atoms with Gasteiger partial charge in [0.2, 0.25) is 11.8 Å². The van der Waals surface area contributed by atoms with Crippen LogP contribution < -0.4 is 68.9 Å². The molecular weight excluding hydrogens is 672 g/mol. The molecule has 45 heavy (non-hydrogen) atoms. The molecule has 4 atom stereocenters. The van der Waals surface area contributed by atoms with Crippen molar-refractivity contribution in [1.29, 1.82) is 0 Å². The van der Waals surface area contributed by atoms with Crippen LogP contribution in [0.1, 0.15) is 118 Å². The maximum absolute atomic E-state index is 12.0. The molecule has 0 aromatic rings. The van der Waals surface area contributed by atoms with Crippen molar-refractivity contribution in [3.8, 4) is 0 Å². The number of hydrogen-bond acceptors (Lipinski definition) is 8. The summed E-state index contributed by atoms with van der Waals surface area (Å²) in [6.45, 7) is 8.63. The maximum atomic E-state index is 12.0. The van der Waals surface area contributed by atoms with Crippen LogP contribution >= 0.6 is 15.2 Å². The summed E-state index contributed by atoms with van der Waals surface area (Å²) in [7, 11) is -13.1. The zero-order valence-corrected chi connectivity index (χ0v) is 34.5. The van der Waals surface area contributed by atoms with Gasteiger partial charge in [0, 0.05) is 38.0 Å². The summed E-state index contributed by atoms with van der Waals surface area (Å²) in [5.74, 6) is 0.373. The first kappa shape index (κ1) is 50.5. The number of carbonyl (C=O) groups is 2. The minimum absolute atomic E-state index is 0. The van der Waals surface area contributed by atoms with Crippen LogP contribution in [0.15, 0.2) is 0 Å². The molecule has 4 unspecified atom stereocenters. The molecule has 0 aromatic carbocycles. The molecule has 0 aromatic heterocycles. The van der Waals surface area contributed by atoms with Crippen LogP contribution in [0, 0.1) is 0 Å². The fourth-order valence-corrected chi connectivity index (χ4v) is 6.08. The van der Waals surface area contributed by atoms with Crippen molar-refractivity contribution >= 4 is 37.4 Å². The molecule has 2 aliphatic heterocycles. The van der Waals surface area contributed by atoms with Crippen molar-refractivity contribution in [2.45, 2.75) is 141 Å². The topological polar surface area (TPSA) is 236 Å². The van der Waals surface area contributed by atoms with Gasteiger partial charge in [0.15, 0.2) is 0 Å².